The summed E-state index contributed by atoms with van der Waals surface area (Å²) in [7, 11) is 0. The van der Waals surface area contributed by atoms with Crippen molar-refractivity contribution in [2.45, 2.75) is 25.3 Å². The third-order valence-electron chi connectivity index (χ3n) is 3.56. The highest BCUT2D eigenvalue weighted by Crippen LogP contribution is 2.25. The molecule has 1 atom stereocenters. The third kappa shape index (κ3) is 4.18. The second kappa shape index (κ2) is 6.91. The molecule has 1 aliphatic heterocycles. The fraction of sp³-hybridized carbons (Fsp3) is 0.429. The Morgan fingerprint density at radius 2 is 2.14 bits per heavy atom. The van der Waals surface area contributed by atoms with Gasteiger partial charge in [0.25, 0.3) is 0 Å². The summed E-state index contributed by atoms with van der Waals surface area (Å²) in [5.41, 5.74) is 12.3. The van der Waals surface area contributed by atoms with Gasteiger partial charge in [-0.2, -0.15) is 0 Å². The fourth-order valence-electron chi connectivity index (χ4n) is 2.51. The van der Waals surface area contributed by atoms with Gasteiger partial charge in [0.15, 0.2) is 0 Å². The lowest BCUT2D eigenvalue weighted by molar-refractivity contribution is -0.126. The molecule has 114 valence electrons. The minimum atomic E-state index is -0.365. The van der Waals surface area contributed by atoms with E-state index in [4.69, 9.17) is 11.5 Å². The van der Waals surface area contributed by atoms with Crippen LogP contribution in [0.4, 0.5) is 11.4 Å². The molecule has 0 spiro atoms. The van der Waals surface area contributed by atoms with Crippen LogP contribution in [0.2, 0.25) is 0 Å². The molecular formula is C14H19BrN4O2. The van der Waals surface area contributed by atoms with E-state index in [0.717, 1.165) is 17.3 Å². The van der Waals surface area contributed by atoms with E-state index < -0.39 is 0 Å². The van der Waals surface area contributed by atoms with Crippen molar-refractivity contribution in [3.05, 3.63) is 22.7 Å². The molecule has 1 fully saturated rings. The van der Waals surface area contributed by atoms with Crippen molar-refractivity contribution in [3.63, 3.8) is 0 Å². The van der Waals surface area contributed by atoms with E-state index in [0.29, 0.717) is 24.3 Å². The monoisotopic (exact) mass is 354 g/mol. The highest BCUT2D eigenvalue weighted by molar-refractivity contribution is 9.10. The second-order valence-electron chi connectivity index (χ2n) is 5.17. The maximum atomic E-state index is 12.1. The van der Waals surface area contributed by atoms with Gasteiger partial charge in [-0.15, -0.1) is 0 Å². The van der Waals surface area contributed by atoms with Gasteiger partial charge in [-0.1, -0.05) is 6.42 Å². The first-order valence-electron chi connectivity index (χ1n) is 6.85. The third-order valence-corrected chi connectivity index (χ3v) is 4.21. The number of likely N-dealkylation sites (tertiary alicyclic amines) is 1. The summed E-state index contributed by atoms with van der Waals surface area (Å²) in [5.74, 6) is -0.537. The fourth-order valence-corrected chi connectivity index (χ4v) is 3.00. The van der Waals surface area contributed by atoms with Crippen molar-refractivity contribution in [1.82, 2.24) is 4.90 Å². The van der Waals surface area contributed by atoms with Gasteiger partial charge in [0, 0.05) is 10.2 Å². The zero-order valence-electron chi connectivity index (χ0n) is 11.6. The summed E-state index contributed by atoms with van der Waals surface area (Å²) in [4.78, 5) is 25.4. The predicted octanol–water partition coefficient (Wildman–Crippen LogP) is 1.31. The van der Waals surface area contributed by atoms with E-state index in [1.807, 2.05) is 4.90 Å². The molecule has 0 aliphatic carbocycles. The molecule has 1 aliphatic rings. The number of nitrogen functional groups attached to an aromatic ring is 1. The lowest BCUT2D eigenvalue weighted by Crippen LogP contribution is -2.50. The lowest BCUT2D eigenvalue weighted by atomic mass is 10.0. The van der Waals surface area contributed by atoms with E-state index in [1.165, 1.54) is 0 Å². The number of carbonyl (C=O) groups excluding carboxylic acids is 2. The maximum Gasteiger partial charge on any atom is 0.238 e. The molecule has 21 heavy (non-hydrogen) atoms. The number of nitrogens with two attached hydrogens (primary N) is 2. The van der Waals surface area contributed by atoms with Crippen LogP contribution >= 0.6 is 15.9 Å². The molecule has 2 amide bonds. The van der Waals surface area contributed by atoms with Gasteiger partial charge < -0.3 is 16.8 Å². The summed E-state index contributed by atoms with van der Waals surface area (Å²) in [6, 6.07) is 4.83. The minimum Gasteiger partial charge on any atom is -0.399 e. The van der Waals surface area contributed by atoms with Crippen molar-refractivity contribution in [2.75, 3.05) is 24.1 Å². The Morgan fingerprint density at radius 3 is 2.81 bits per heavy atom. The molecule has 7 heteroatoms. The molecule has 1 aromatic rings. The number of hydrogen-bond donors (Lipinski definition) is 3. The number of rotatable bonds is 4. The van der Waals surface area contributed by atoms with Crippen LogP contribution in [-0.4, -0.2) is 35.8 Å². The second-order valence-corrected chi connectivity index (χ2v) is 6.03. The summed E-state index contributed by atoms with van der Waals surface area (Å²) in [6.07, 6.45) is 2.66. The van der Waals surface area contributed by atoms with Crippen LogP contribution in [0.15, 0.2) is 22.7 Å². The van der Waals surface area contributed by atoms with Crippen molar-refractivity contribution in [3.8, 4) is 0 Å². The van der Waals surface area contributed by atoms with Gasteiger partial charge >= 0.3 is 0 Å². The smallest absolute Gasteiger partial charge is 0.238 e. The highest BCUT2D eigenvalue weighted by atomic mass is 79.9. The van der Waals surface area contributed by atoms with E-state index >= 15 is 0 Å². The van der Waals surface area contributed by atoms with E-state index in [1.54, 1.807) is 18.2 Å². The van der Waals surface area contributed by atoms with Crippen LogP contribution < -0.4 is 16.8 Å². The number of amides is 2. The molecular weight excluding hydrogens is 336 g/mol. The van der Waals surface area contributed by atoms with Gasteiger partial charge in [-0.25, -0.2) is 0 Å². The van der Waals surface area contributed by atoms with Crippen molar-refractivity contribution in [1.29, 1.82) is 0 Å². The van der Waals surface area contributed by atoms with Crippen LogP contribution in [0, 0.1) is 0 Å². The van der Waals surface area contributed by atoms with Gasteiger partial charge in [0.05, 0.1) is 18.3 Å². The molecule has 0 radical (unpaired) electrons. The van der Waals surface area contributed by atoms with Gasteiger partial charge in [0.2, 0.25) is 11.8 Å². The lowest BCUT2D eigenvalue weighted by Gasteiger charge is -2.32. The van der Waals surface area contributed by atoms with Gasteiger partial charge in [0.1, 0.15) is 0 Å². The number of benzene rings is 1. The normalized spacial score (nSPS) is 19.2. The Balaban J connectivity index is 1.98. The standard InChI is InChI=1S/C14H19BrN4O2/c15-10-7-9(16)4-5-11(10)18-13(20)8-19-6-2-1-3-12(19)14(17)21/h4-5,7,12H,1-3,6,8,16H2,(H2,17,21)(H,18,20). The summed E-state index contributed by atoms with van der Waals surface area (Å²) < 4.78 is 0.723. The molecule has 0 bridgehead atoms. The molecule has 6 nitrogen and oxygen atoms in total. The summed E-state index contributed by atoms with van der Waals surface area (Å²) in [5, 5.41) is 2.81. The van der Waals surface area contributed by atoms with Crippen LogP contribution in [0.3, 0.4) is 0 Å². The van der Waals surface area contributed by atoms with Crippen LogP contribution in [0.25, 0.3) is 0 Å². The number of anilines is 2. The Labute approximate surface area is 132 Å². The van der Waals surface area contributed by atoms with Crippen molar-refractivity contribution >= 4 is 39.1 Å². The maximum absolute atomic E-state index is 12.1. The van der Waals surface area contributed by atoms with Gasteiger partial charge in [-0.3, -0.25) is 14.5 Å². The zero-order valence-corrected chi connectivity index (χ0v) is 13.2. The molecule has 0 aromatic heterocycles. The molecule has 1 heterocycles. The van der Waals surface area contributed by atoms with Crippen LogP contribution in [0.1, 0.15) is 19.3 Å². The first kappa shape index (κ1) is 15.8. The number of halogens is 1. The van der Waals surface area contributed by atoms with Crippen LogP contribution in [-0.2, 0) is 9.59 Å². The zero-order chi connectivity index (χ0) is 15.4. The SMILES string of the molecule is NC(=O)C1CCCCN1CC(=O)Nc1ccc(N)cc1Br. The topological polar surface area (TPSA) is 101 Å². The number of hydrogen-bond acceptors (Lipinski definition) is 4. The number of piperidine rings is 1. The van der Waals surface area contributed by atoms with E-state index in [9.17, 15) is 9.59 Å². The summed E-state index contributed by atoms with van der Waals surface area (Å²) >= 11 is 3.35. The Morgan fingerprint density at radius 1 is 1.38 bits per heavy atom. The first-order valence-corrected chi connectivity index (χ1v) is 7.65. The van der Waals surface area contributed by atoms with Crippen molar-refractivity contribution < 1.29 is 9.59 Å². The number of nitrogens with zero attached hydrogens (tertiary/aromatic N) is 1. The van der Waals surface area contributed by atoms with E-state index in [2.05, 4.69) is 21.2 Å². The number of primary amides is 1. The minimum absolute atomic E-state index is 0.157. The average Bonchev–Trinajstić information content (AvgIpc) is 2.42. The number of carbonyl (C=O) groups is 2. The van der Waals surface area contributed by atoms with Gasteiger partial charge in [-0.05, 0) is 53.5 Å². The first-order chi connectivity index (χ1) is 9.97. The Bertz CT molecular complexity index is 550. The molecule has 2 rings (SSSR count). The van der Waals surface area contributed by atoms with Crippen molar-refractivity contribution in [2.24, 2.45) is 5.73 Å². The quantitative estimate of drug-likeness (QED) is 0.709. The predicted molar refractivity (Wildman–Crippen MR) is 85.6 cm³/mol. The van der Waals surface area contributed by atoms with Crippen LogP contribution in [0.5, 0.6) is 0 Å². The molecule has 1 saturated heterocycles. The molecule has 1 aromatic carbocycles. The Kier molecular flexibility index (Phi) is 5.19. The van der Waals surface area contributed by atoms with E-state index in [-0.39, 0.29) is 24.4 Å². The number of nitrogens with one attached hydrogen (secondary N) is 1. The molecule has 5 N–H and O–H groups in total. The highest BCUT2D eigenvalue weighted by Gasteiger charge is 2.28. The largest absolute Gasteiger partial charge is 0.399 e. The summed E-state index contributed by atoms with van der Waals surface area (Å²) in [6.45, 7) is 0.869. The average molecular weight is 355 g/mol. The Hall–Kier alpha value is -1.60. The molecule has 1 unspecified atom stereocenters. The molecule has 0 saturated carbocycles.